The molecule has 14 nitrogen and oxygen atoms in total. The first-order valence-electron chi connectivity index (χ1n) is 20.2. The molecule has 4 rings (SSSR count). The lowest BCUT2D eigenvalue weighted by molar-refractivity contribution is -0.870. The van der Waals surface area contributed by atoms with Gasteiger partial charge < -0.3 is 32.2 Å². The summed E-state index contributed by atoms with van der Waals surface area (Å²) in [6.07, 6.45) is 9.45. The van der Waals surface area contributed by atoms with E-state index in [2.05, 4.69) is 33.4 Å². The van der Waals surface area contributed by atoms with E-state index >= 15 is 8.63 Å². The minimum absolute atomic E-state index is 0.0348. The number of hydrogen-bond donors (Lipinski definition) is 2. The molecule has 1 unspecified atom stereocenters. The maximum Gasteiger partial charge on any atom is 0.737 e. The van der Waals surface area contributed by atoms with Crippen molar-refractivity contribution in [1.82, 2.24) is 14.9 Å². The number of allylic oxidation sites excluding steroid dienone is 2. The van der Waals surface area contributed by atoms with Crippen molar-refractivity contribution in [3.05, 3.63) is 40.4 Å². The Morgan fingerprint density at radius 1 is 0.912 bits per heavy atom. The summed E-state index contributed by atoms with van der Waals surface area (Å²) >= 11 is 0. The maximum atomic E-state index is 17.1. The molecule has 2 N–H and O–H groups in total. The van der Waals surface area contributed by atoms with Crippen LogP contribution in [0.5, 0.6) is 0 Å². The highest BCUT2D eigenvalue weighted by molar-refractivity contribution is 7.85. The Balaban J connectivity index is 1.46. The number of nitrogens with zero attached hydrogens (tertiary/aromatic N) is 4. The lowest BCUT2D eigenvalue weighted by Gasteiger charge is -2.32. The molecule has 0 spiro atoms. The Labute approximate surface area is 334 Å². The second kappa shape index (κ2) is 19.6. The van der Waals surface area contributed by atoms with Crippen molar-refractivity contribution in [2.45, 2.75) is 129 Å². The third-order valence-corrected chi connectivity index (χ3v) is 11.2. The fraction of sp³-hybridized carbons (Fsp3) is 0.641. The summed E-state index contributed by atoms with van der Waals surface area (Å²) < 4.78 is 70.4. The van der Waals surface area contributed by atoms with Gasteiger partial charge in [-0.15, -0.1) is 5.06 Å². The van der Waals surface area contributed by atoms with E-state index in [-0.39, 0.29) is 57.1 Å². The van der Waals surface area contributed by atoms with Gasteiger partial charge in [0.2, 0.25) is 5.91 Å². The Kier molecular flexibility index (Phi) is 15.7. The SMILES string of the molecule is CCCCC1=CC(CCC(=O)NC(CS(=O)(=O)O)C(=O)CCCCCC(=O)ON2C(=O)CCC2=O)=[N+]2C1=Cc1c(CCCC)cc(CCC[N+](C)(C)C)n1[B-]2(F)F. The van der Waals surface area contributed by atoms with Crippen LogP contribution in [0.4, 0.5) is 8.63 Å². The summed E-state index contributed by atoms with van der Waals surface area (Å²) in [5.41, 5.74) is 3.46. The van der Waals surface area contributed by atoms with Crippen molar-refractivity contribution in [3.63, 3.8) is 0 Å². The van der Waals surface area contributed by atoms with Gasteiger partial charge in [0.25, 0.3) is 21.9 Å². The topological polar surface area (TPSA) is 172 Å². The van der Waals surface area contributed by atoms with Crippen LogP contribution in [0.25, 0.3) is 6.08 Å². The largest absolute Gasteiger partial charge is 0.737 e. The molecule has 1 fully saturated rings. The molecule has 3 aliphatic heterocycles. The van der Waals surface area contributed by atoms with E-state index in [0.29, 0.717) is 52.3 Å². The Morgan fingerprint density at radius 2 is 1.56 bits per heavy atom. The summed E-state index contributed by atoms with van der Waals surface area (Å²) in [6, 6.07) is 0.351. The number of amides is 3. The molecule has 316 valence electrons. The van der Waals surface area contributed by atoms with Crippen LogP contribution in [0.2, 0.25) is 0 Å². The highest BCUT2D eigenvalue weighted by atomic mass is 32.2. The van der Waals surface area contributed by atoms with E-state index in [9.17, 15) is 36.9 Å². The second-order valence-electron chi connectivity index (χ2n) is 16.3. The predicted octanol–water partition coefficient (Wildman–Crippen LogP) is 4.91. The smallest absolute Gasteiger partial charge is 0.394 e. The number of unbranched alkanes of at least 4 members (excludes halogenated alkanes) is 4. The second-order valence-corrected chi connectivity index (χ2v) is 17.8. The molecule has 1 atom stereocenters. The molecule has 4 heterocycles. The molecule has 0 radical (unpaired) electrons. The number of aryl methyl sites for hydroxylation is 2. The zero-order valence-corrected chi connectivity index (χ0v) is 34.8. The summed E-state index contributed by atoms with van der Waals surface area (Å²) in [6.45, 7) is 0.561. The molecule has 1 saturated heterocycles. The molecule has 1 aromatic rings. The fourth-order valence-electron chi connectivity index (χ4n) is 7.52. The Hall–Kier alpha value is -4.03. The van der Waals surface area contributed by atoms with Crippen molar-refractivity contribution < 1.29 is 59.4 Å². The molecule has 1 aromatic heterocycles. The summed E-state index contributed by atoms with van der Waals surface area (Å²) in [5, 5.41) is 2.85. The Morgan fingerprint density at radius 3 is 2.19 bits per heavy atom. The van der Waals surface area contributed by atoms with E-state index in [1.165, 1.54) is 4.48 Å². The number of hydroxylamine groups is 2. The van der Waals surface area contributed by atoms with Gasteiger partial charge in [0, 0.05) is 68.4 Å². The van der Waals surface area contributed by atoms with Crippen LogP contribution in [0.15, 0.2) is 23.4 Å². The molecule has 18 heteroatoms. The third-order valence-electron chi connectivity index (χ3n) is 10.4. The fourth-order valence-corrected chi connectivity index (χ4v) is 8.22. The van der Waals surface area contributed by atoms with Crippen LogP contribution in [-0.2, 0) is 51.8 Å². The van der Waals surface area contributed by atoms with E-state index in [1.807, 2.05) is 19.1 Å². The first-order chi connectivity index (χ1) is 26.8. The Bertz CT molecular complexity index is 1900. The first kappa shape index (κ1) is 45.7. The molecule has 3 aliphatic rings. The van der Waals surface area contributed by atoms with Crippen LogP contribution in [0.1, 0.15) is 127 Å². The predicted molar refractivity (Wildman–Crippen MR) is 211 cm³/mol. The molecule has 3 amide bonds. The molecule has 0 aromatic carbocycles. The third kappa shape index (κ3) is 12.5. The van der Waals surface area contributed by atoms with E-state index in [1.54, 1.807) is 6.08 Å². The van der Waals surface area contributed by atoms with Gasteiger partial charge in [-0.3, -0.25) is 23.7 Å². The van der Waals surface area contributed by atoms with Gasteiger partial charge >= 0.3 is 12.9 Å². The maximum absolute atomic E-state index is 17.1. The minimum atomic E-state index is -4.70. The van der Waals surface area contributed by atoms with Gasteiger partial charge in [-0.1, -0.05) is 33.1 Å². The average molecular weight is 823 g/mol. The minimum Gasteiger partial charge on any atom is -0.394 e. The normalized spacial score (nSPS) is 17.0. The lowest BCUT2D eigenvalue weighted by atomic mass is 9.88. The number of quaternary nitrogens is 1. The number of imide groups is 1. The number of ketones is 1. The number of nitrogens with one attached hydrogen (secondary N) is 1. The van der Waals surface area contributed by atoms with Gasteiger partial charge in [-0.25, -0.2) is 4.79 Å². The van der Waals surface area contributed by atoms with Crippen LogP contribution < -0.4 is 5.32 Å². The zero-order valence-electron chi connectivity index (χ0n) is 34.0. The number of fused-ring (bicyclic) bond motifs is 2. The summed E-state index contributed by atoms with van der Waals surface area (Å²) in [7, 11) is 1.50. The first-order valence-corrected chi connectivity index (χ1v) is 21.8. The van der Waals surface area contributed by atoms with Crippen LogP contribution in [0.3, 0.4) is 0 Å². The van der Waals surface area contributed by atoms with Crippen LogP contribution in [0, 0.1) is 0 Å². The number of halogens is 2. The van der Waals surface area contributed by atoms with E-state index in [4.69, 9.17) is 4.84 Å². The zero-order chi connectivity index (χ0) is 42.1. The number of carbonyl (C=O) groups excluding carboxylic acids is 5. The van der Waals surface area contributed by atoms with Crippen LogP contribution >= 0.6 is 0 Å². The van der Waals surface area contributed by atoms with Gasteiger partial charge in [0.15, 0.2) is 11.5 Å². The van der Waals surface area contributed by atoms with Gasteiger partial charge in [-0.05, 0) is 62.3 Å². The van der Waals surface area contributed by atoms with E-state index < -0.39 is 58.4 Å². The summed E-state index contributed by atoms with van der Waals surface area (Å²) in [4.78, 5) is 66.5. The lowest BCUT2D eigenvalue weighted by Crippen LogP contribution is -2.51. The quantitative estimate of drug-likeness (QED) is 0.0484. The highest BCUT2D eigenvalue weighted by Gasteiger charge is 2.54. The number of Topliss-reactive ketones (excluding diaryl/α,β-unsaturated/α-hetero) is 1. The number of hydrogen-bond acceptors (Lipinski definition) is 8. The molecule has 0 saturated carbocycles. The molecular formula is C39H59BF2N5O9S+. The van der Waals surface area contributed by atoms with Crippen molar-refractivity contribution in [2.24, 2.45) is 0 Å². The molecule has 57 heavy (non-hydrogen) atoms. The van der Waals surface area contributed by atoms with Gasteiger partial charge in [0.1, 0.15) is 17.5 Å². The number of aromatic nitrogens is 1. The van der Waals surface area contributed by atoms with E-state index in [0.717, 1.165) is 54.3 Å². The van der Waals surface area contributed by atoms with Gasteiger partial charge in [-0.2, -0.15) is 8.42 Å². The highest BCUT2D eigenvalue weighted by Crippen LogP contribution is 2.40. The number of rotatable bonds is 24. The monoisotopic (exact) mass is 822 g/mol. The molecule has 0 bridgehead atoms. The van der Waals surface area contributed by atoms with Crippen LogP contribution in [-0.4, -0.2) is 113 Å². The molecular weight excluding hydrogens is 763 g/mol. The average Bonchev–Trinajstić information content (AvgIpc) is 3.76. The van der Waals surface area contributed by atoms with Crippen molar-refractivity contribution in [2.75, 3.05) is 33.4 Å². The van der Waals surface area contributed by atoms with Crippen molar-refractivity contribution in [3.8, 4) is 0 Å². The molecule has 0 aliphatic carbocycles. The van der Waals surface area contributed by atoms with Crippen molar-refractivity contribution in [1.29, 1.82) is 0 Å². The number of carbonyl (C=O) groups is 5. The standard InChI is InChI=1S/C39H58BF2N5O9S/c1-6-8-14-28-24-30(16-13-23-47(3,4)5)44-33(28)26-34-29(15-9-7-2)25-31(45(34)40(44,41)42)19-20-36(49)43-32(27-57(53,54)55)35(48)17-11-10-12-18-39(52)56-46-37(50)21-22-38(46)51/h24-26,32H,6-23,27H2,1-5H3,(H-,43,49,53,54,55)/p+1. The summed E-state index contributed by atoms with van der Waals surface area (Å²) in [5.74, 6) is -4.46. The van der Waals surface area contributed by atoms with Gasteiger partial charge in [0.05, 0.1) is 27.7 Å². The van der Waals surface area contributed by atoms with Crippen molar-refractivity contribution >= 4 is 58.3 Å².